The molecular weight excluding hydrogens is 275 g/mol. The Morgan fingerprint density at radius 2 is 2.16 bits per heavy atom. The van der Waals surface area contributed by atoms with Crippen molar-refractivity contribution >= 4 is 28.6 Å². The fraction of sp³-hybridized carbons (Fsp3) is 0.250. The first-order chi connectivity index (χ1) is 8.99. The van der Waals surface area contributed by atoms with Crippen LogP contribution in [0.25, 0.3) is 11.0 Å². The van der Waals surface area contributed by atoms with E-state index in [1.54, 1.807) is 0 Å². The number of pyridine rings is 2. The van der Waals surface area contributed by atoms with Crippen LogP contribution in [0.3, 0.4) is 0 Å². The minimum Gasteiger partial charge on any atom is -0.477 e. The molecule has 1 aliphatic carbocycles. The van der Waals surface area contributed by atoms with Crippen molar-refractivity contribution < 1.29 is 14.3 Å². The van der Waals surface area contributed by atoms with Crippen LogP contribution >= 0.6 is 11.6 Å². The highest BCUT2D eigenvalue weighted by Crippen LogP contribution is 2.37. The molecule has 1 aliphatic rings. The number of carboxylic acids is 1. The molecule has 0 aromatic carbocycles. The molecule has 0 amide bonds. The van der Waals surface area contributed by atoms with E-state index in [0.29, 0.717) is 0 Å². The van der Waals surface area contributed by atoms with Gasteiger partial charge in [0.2, 0.25) is 0 Å². The molecule has 1 fully saturated rings. The van der Waals surface area contributed by atoms with Gasteiger partial charge in [0.15, 0.2) is 16.4 Å². The molecule has 0 unspecified atom stereocenters. The van der Waals surface area contributed by atoms with E-state index in [2.05, 4.69) is 4.98 Å². The van der Waals surface area contributed by atoms with Crippen LogP contribution in [-0.2, 0) is 0 Å². The van der Waals surface area contributed by atoms with Crippen molar-refractivity contribution in [3.8, 4) is 0 Å². The average molecular weight is 283 g/mol. The van der Waals surface area contributed by atoms with Gasteiger partial charge in [-0.2, -0.15) is 0 Å². The van der Waals surface area contributed by atoms with Gasteiger partial charge in [0, 0.05) is 12.1 Å². The van der Waals surface area contributed by atoms with E-state index in [-0.39, 0.29) is 27.9 Å². The molecule has 2 aromatic rings. The van der Waals surface area contributed by atoms with Gasteiger partial charge in [0.25, 0.3) is 0 Å². The van der Waals surface area contributed by atoms with Gasteiger partial charge in [-0.3, -0.25) is 4.79 Å². The summed E-state index contributed by atoms with van der Waals surface area (Å²) < 4.78 is 14.8. The third-order valence-electron chi connectivity index (χ3n) is 3.07. The topological polar surface area (TPSA) is 72.2 Å². The van der Waals surface area contributed by atoms with E-state index in [1.807, 2.05) is 0 Å². The summed E-state index contributed by atoms with van der Waals surface area (Å²) in [6, 6.07) is 1.97. The van der Waals surface area contributed by atoms with E-state index in [9.17, 15) is 14.0 Å². The molecule has 0 saturated heterocycles. The second-order valence-electron chi connectivity index (χ2n) is 4.43. The zero-order chi connectivity index (χ0) is 13.7. The maximum atomic E-state index is 13.4. The minimum atomic E-state index is -1.21. The highest BCUT2D eigenvalue weighted by Gasteiger charge is 2.30. The van der Waals surface area contributed by atoms with Crippen molar-refractivity contribution in [2.45, 2.75) is 18.9 Å². The Morgan fingerprint density at radius 1 is 1.47 bits per heavy atom. The van der Waals surface area contributed by atoms with Crippen molar-refractivity contribution in [1.29, 1.82) is 0 Å². The molecule has 3 rings (SSSR count). The monoisotopic (exact) mass is 282 g/mol. The third-order valence-corrected chi connectivity index (χ3v) is 3.33. The summed E-state index contributed by atoms with van der Waals surface area (Å²) in [5.74, 6) is -2.01. The summed E-state index contributed by atoms with van der Waals surface area (Å²) in [6.07, 6.45) is 1.60. The molecule has 1 saturated carbocycles. The highest BCUT2D eigenvalue weighted by molar-refractivity contribution is 6.29. The Labute approximate surface area is 111 Å². The van der Waals surface area contributed by atoms with E-state index in [0.717, 1.165) is 25.0 Å². The average Bonchev–Trinajstić information content (AvgIpc) is 3.15. The lowest BCUT2D eigenvalue weighted by Crippen LogP contribution is -2.18. The van der Waals surface area contributed by atoms with Crippen LogP contribution in [-0.4, -0.2) is 20.6 Å². The highest BCUT2D eigenvalue weighted by atomic mass is 35.5. The molecule has 2 heterocycles. The number of carboxylic acid groups (broad SMARTS) is 1. The van der Waals surface area contributed by atoms with Gasteiger partial charge in [-0.05, 0) is 18.9 Å². The zero-order valence-corrected chi connectivity index (χ0v) is 10.3. The number of carbonyl (C=O) groups is 1. The van der Waals surface area contributed by atoms with Crippen molar-refractivity contribution in [2.24, 2.45) is 0 Å². The van der Waals surface area contributed by atoms with Gasteiger partial charge in [-0.1, -0.05) is 11.6 Å². The SMILES string of the molecule is O=C(O)c1cc(=O)c2cc(F)c(Cl)nc2n1C1CC1. The molecular formula is C12H8ClFN2O3. The van der Waals surface area contributed by atoms with Gasteiger partial charge < -0.3 is 9.67 Å². The lowest BCUT2D eigenvalue weighted by Gasteiger charge is -2.12. The Bertz CT molecular complexity index is 768. The van der Waals surface area contributed by atoms with E-state index < -0.39 is 17.2 Å². The quantitative estimate of drug-likeness (QED) is 0.857. The smallest absolute Gasteiger partial charge is 0.352 e. The molecule has 98 valence electrons. The number of aromatic nitrogens is 2. The van der Waals surface area contributed by atoms with E-state index in [4.69, 9.17) is 16.7 Å². The summed E-state index contributed by atoms with van der Waals surface area (Å²) in [5, 5.41) is 8.82. The summed E-state index contributed by atoms with van der Waals surface area (Å²) in [5.41, 5.74) is -0.596. The van der Waals surface area contributed by atoms with Crippen molar-refractivity contribution in [3.05, 3.63) is 39.0 Å². The Hall–Kier alpha value is -1.95. The van der Waals surface area contributed by atoms with E-state index in [1.165, 1.54) is 4.57 Å². The van der Waals surface area contributed by atoms with Crippen LogP contribution in [0.2, 0.25) is 5.15 Å². The van der Waals surface area contributed by atoms with Crippen molar-refractivity contribution in [2.75, 3.05) is 0 Å². The Kier molecular flexibility index (Phi) is 2.56. The molecule has 5 nitrogen and oxygen atoms in total. The summed E-state index contributed by atoms with van der Waals surface area (Å²) in [4.78, 5) is 26.9. The Morgan fingerprint density at radius 3 is 2.74 bits per heavy atom. The molecule has 0 spiro atoms. The maximum absolute atomic E-state index is 13.4. The van der Waals surface area contributed by atoms with Crippen LogP contribution in [0.15, 0.2) is 16.9 Å². The van der Waals surface area contributed by atoms with Gasteiger partial charge in [0.05, 0.1) is 5.39 Å². The summed E-state index contributed by atoms with van der Waals surface area (Å²) in [6.45, 7) is 0. The van der Waals surface area contributed by atoms with Crippen LogP contribution in [0.4, 0.5) is 4.39 Å². The molecule has 0 aliphatic heterocycles. The molecule has 0 radical (unpaired) electrons. The minimum absolute atomic E-state index is 0.0248. The predicted octanol–water partition coefficient (Wildman–Crippen LogP) is 2.22. The number of halogens is 2. The number of aromatic carboxylic acids is 1. The largest absolute Gasteiger partial charge is 0.477 e. The lowest BCUT2D eigenvalue weighted by molar-refractivity contribution is 0.0684. The van der Waals surface area contributed by atoms with E-state index >= 15 is 0 Å². The molecule has 0 atom stereocenters. The van der Waals surface area contributed by atoms with Gasteiger partial charge in [0.1, 0.15) is 11.3 Å². The molecule has 19 heavy (non-hydrogen) atoms. The first kappa shape index (κ1) is 12.1. The summed E-state index contributed by atoms with van der Waals surface area (Å²) in [7, 11) is 0. The van der Waals surface area contributed by atoms with Crippen LogP contribution in [0.1, 0.15) is 29.4 Å². The molecule has 2 aromatic heterocycles. The molecule has 7 heteroatoms. The Balaban J connectivity index is 2.47. The maximum Gasteiger partial charge on any atom is 0.352 e. The van der Waals surface area contributed by atoms with Gasteiger partial charge in [-0.25, -0.2) is 14.2 Å². The van der Waals surface area contributed by atoms with Crippen LogP contribution in [0, 0.1) is 5.82 Å². The molecule has 0 bridgehead atoms. The van der Waals surface area contributed by atoms with Crippen LogP contribution in [0.5, 0.6) is 0 Å². The fourth-order valence-corrected chi connectivity index (χ4v) is 2.21. The predicted molar refractivity (Wildman–Crippen MR) is 66.2 cm³/mol. The number of hydrogen-bond acceptors (Lipinski definition) is 3. The second-order valence-corrected chi connectivity index (χ2v) is 4.79. The first-order valence-electron chi connectivity index (χ1n) is 5.63. The fourth-order valence-electron chi connectivity index (χ4n) is 2.08. The number of rotatable bonds is 2. The lowest BCUT2D eigenvalue weighted by atomic mass is 10.2. The van der Waals surface area contributed by atoms with Gasteiger partial charge in [-0.15, -0.1) is 0 Å². The second kappa shape index (κ2) is 4.03. The van der Waals surface area contributed by atoms with Crippen LogP contribution < -0.4 is 5.43 Å². The zero-order valence-electron chi connectivity index (χ0n) is 9.56. The normalized spacial score (nSPS) is 14.8. The third kappa shape index (κ3) is 1.88. The molecule has 1 N–H and O–H groups in total. The number of nitrogens with zero attached hydrogens (tertiary/aromatic N) is 2. The van der Waals surface area contributed by atoms with Crippen molar-refractivity contribution in [1.82, 2.24) is 9.55 Å². The first-order valence-corrected chi connectivity index (χ1v) is 6.01. The van der Waals surface area contributed by atoms with Crippen molar-refractivity contribution in [3.63, 3.8) is 0 Å². The summed E-state index contributed by atoms with van der Waals surface area (Å²) >= 11 is 5.62. The number of hydrogen-bond donors (Lipinski definition) is 1. The number of fused-ring (bicyclic) bond motifs is 1. The van der Waals surface area contributed by atoms with Gasteiger partial charge >= 0.3 is 5.97 Å². The standard InChI is InChI=1S/C12H8ClFN2O3/c13-10-7(14)3-6-9(17)4-8(12(18)19)16(5-1-2-5)11(6)15-10/h3-5H,1-2H2,(H,18,19).